The van der Waals surface area contributed by atoms with Crippen LogP contribution in [0.4, 0.5) is 10.1 Å². The second-order valence-electron chi connectivity index (χ2n) is 4.36. The number of halogens is 2. The number of hydrogen-bond donors (Lipinski definition) is 3. The third-order valence-electron chi connectivity index (χ3n) is 2.77. The zero-order chi connectivity index (χ0) is 16.1. The van der Waals surface area contributed by atoms with E-state index in [4.69, 9.17) is 11.6 Å². The molecule has 5 nitrogen and oxygen atoms in total. The normalized spacial score (nSPS) is 11.8. The highest BCUT2D eigenvalue weighted by atomic mass is 35.5. The summed E-state index contributed by atoms with van der Waals surface area (Å²) in [4.78, 5) is 23.3. The first-order valence-corrected chi connectivity index (χ1v) is 7.54. The molecule has 8 heteroatoms. The lowest BCUT2D eigenvalue weighted by Crippen LogP contribution is -2.37. The number of benzene rings is 1. The van der Waals surface area contributed by atoms with Gasteiger partial charge in [-0.2, -0.15) is 11.3 Å². The largest absolute Gasteiger partial charge is 0.387 e. The molecule has 3 N–H and O–H groups in total. The molecular formula is C14H12ClFN2O3S. The molecule has 1 aromatic heterocycles. The van der Waals surface area contributed by atoms with E-state index in [9.17, 15) is 19.1 Å². The van der Waals surface area contributed by atoms with Crippen molar-refractivity contribution in [2.75, 3.05) is 11.9 Å². The van der Waals surface area contributed by atoms with Crippen LogP contribution in [0.15, 0.2) is 35.0 Å². The van der Waals surface area contributed by atoms with Gasteiger partial charge in [0.2, 0.25) is 0 Å². The summed E-state index contributed by atoms with van der Waals surface area (Å²) in [5.41, 5.74) is 0.456. The van der Waals surface area contributed by atoms with Gasteiger partial charge in [0.15, 0.2) is 0 Å². The third kappa shape index (κ3) is 4.27. The molecular weight excluding hydrogens is 331 g/mol. The Kier molecular flexibility index (Phi) is 5.48. The van der Waals surface area contributed by atoms with Crippen LogP contribution in [0.1, 0.15) is 11.7 Å². The number of amides is 2. The Labute approximate surface area is 134 Å². The van der Waals surface area contributed by atoms with Gasteiger partial charge in [-0.15, -0.1) is 0 Å². The minimum absolute atomic E-state index is 0.124. The van der Waals surface area contributed by atoms with E-state index in [-0.39, 0.29) is 17.3 Å². The SMILES string of the molecule is O=C(NCC(O)c1ccsc1)C(=O)Nc1cc(Cl)ccc1F. The highest BCUT2D eigenvalue weighted by Crippen LogP contribution is 2.19. The first-order chi connectivity index (χ1) is 10.5. The Morgan fingerprint density at radius 2 is 2.09 bits per heavy atom. The van der Waals surface area contributed by atoms with Crippen LogP contribution in [-0.2, 0) is 9.59 Å². The molecule has 2 aromatic rings. The number of carbonyl (C=O) groups is 2. The summed E-state index contributed by atoms with van der Waals surface area (Å²) < 4.78 is 13.4. The lowest BCUT2D eigenvalue weighted by atomic mass is 10.2. The molecule has 1 aromatic carbocycles. The van der Waals surface area contributed by atoms with Crippen LogP contribution in [-0.4, -0.2) is 23.5 Å². The molecule has 22 heavy (non-hydrogen) atoms. The Morgan fingerprint density at radius 3 is 2.77 bits per heavy atom. The van der Waals surface area contributed by atoms with Crippen molar-refractivity contribution in [3.63, 3.8) is 0 Å². The standard InChI is InChI=1S/C14H12ClFN2O3S/c15-9-1-2-10(16)11(5-9)18-14(21)13(20)17-6-12(19)8-3-4-22-7-8/h1-5,7,12,19H,6H2,(H,17,20)(H,18,21). The predicted molar refractivity (Wildman–Crippen MR) is 82.3 cm³/mol. The number of nitrogens with one attached hydrogen (secondary N) is 2. The van der Waals surface area contributed by atoms with Crippen molar-refractivity contribution in [1.82, 2.24) is 5.32 Å². The average molecular weight is 343 g/mol. The summed E-state index contributed by atoms with van der Waals surface area (Å²) in [7, 11) is 0. The van der Waals surface area contributed by atoms with Gasteiger partial charge in [0.1, 0.15) is 5.82 Å². The summed E-state index contributed by atoms with van der Waals surface area (Å²) in [6.45, 7) is -0.124. The highest BCUT2D eigenvalue weighted by molar-refractivity contribution is 7.07. The van der Waals surface area contributed by atoms with Crippen molar-refractivity contribution in [1.29, 1.82) is 0 Å². The number of aliphatic hydroxyl groups is 1. The van der Waals surface area contributed by atoms with Crippen LogP contribution in [0, 0.1) is 5.82 Å². The molecule has 2 rings (SSSR count). The maximum atomic E-state index is 13.4. The maximum Gasteiger partial charge on any atom is 0.313 e. The third-order valence-corrected chi connectivity index (χ3v) is 3.70. The van der Waals surface area contributed by atoms with Crippen molar-refractivity contribution < 1.29 is 19.1 Å². The van der Waals surface area contributed by atoms with Gasteiger partial charge in [-0.05, 0) is 40.6 Å². The topological polar surface area (TPSA) is 78.4 Å². The van der Waals surface area contributed by atoms with Crippen LogP contribution >= 0.6 is 22.9 Å². The van der Waals surface area contributed by atoms with Gasteiger partial charge < -0.3 is 15.7 Å². The Balaban J connectivity index is 1.89. The van der Waals surface area contributed by atoms with Gasteiger partial charge in [0.25, 0.3) is 0 Å². The molecule has 0 aliphatic carbocycles. The average Bonchev–Trinajstić information content (AvgIpc) is 3.02. The van der Waals surface area contributed by atoms with E-state index in [1.807, 2.05) is 0 Å². The van der Waals surface area contributed by atoms with Crippen LogP contribution in [0.25, 0.3) is 0 Å². The second kappa shape index (κ2) is 7.35. The van der Waals surface area contributed by atoms with Crippen LogP contribution in [0.3, 0.4) is 0 Å². The predicted octanol–water partition coefficient (Wildman–Crippen LogP) is 2.33. The lowest BCUT2D eigenvalue weighted by molar-refractivity contribution is -0.136. The monoisotopic (exact) mass is 342 g/mol. The maximum absolute atomic E-state index is 13.4. The molecule has 0 saturated heterocycles. The van der Waals surface area contributed by atoms with Gasteiger partial charge >= 0.3 is 11.8 Å². The molecule has 0 radical (unpaired) electrons. The lowest BCUT2D eigenvalue weighted by Gasteiger charge is -2.11. The van der Waals surface area contributed by atoms with E-state index >= 15 is 0 Å². The van der Waals surface area contributed by atoms with Crippen LogP contribution < -0.4 is 10.6 Å². The van der Waals surface area contributed by atoms with Gasteiger partial charge in [-0.3, -0.25) is 9.59 Å². The molecule has 116 valence electrons. The Bertz CT molecular complexity index is 679. The van der Waals surface area contributed by atoms with E-state index < -0.39 is 23.7 Å². The van der Waals surface area contributed by atoms with Gasteiger partial charge in [0, 0.05) is 11.6 Å². The zero-order valence-electron chi connectivity index (χ0n) is 11.2. The Morgan fingerprint density at radius 1 is 1.32 bits per heavy atom. The van der Waals surface area contributed by atoms with Gasteiger partial charge in [0.05, 0.1) is 11.8 Å². The quantitative estimate of drug-likeness (QED) is 0.746. The second-order valence-corrected chi connectivity index (χ2v) is 5.58. The number of hydrogen-bond acceptors (Lipinski definition) is 4. The zero-order valence-corrected chi connectivity index (χ0v) is 12.7. The summed E-state index contributed by atoms with van der Waals surface area (Å²) in [5.74, 6) is -2.73. The Hall–Kier alpha value is -1.96. The number of aliphatic hydroxyl groups excluding tert-OH is 1. The fourth-order valence-electron chi connectivity index (χ4n) is 1.62. The van der Waals surface area contributed by atoms with Gasteiger partial charge in [-0.25, -0.2) is 4.39 Å². The van der Waals surface area contributed by atoms with Crippen molar-refractivity contribution in [3.8, 4) is 0 Å². The van der Waals surface area contributed by atoms with E-state index in [0.717, 1.165) is 6.07 Å². The fraction of sp³-hybridized carbons (Fsp3) is 0.143. The smallest absolute Gasteiger partial charge is 0.313 e. The molecule has 0 fully saturated rings. The van der Waals surface area contributed by atoms with Crippen molar-refractivity contribution in [2.45, 2.75) is 6.10 Å². The van der Waals surface area contributed by atoms with Crippen LogP contribution in [0.5, 0.6) is 0 Å². The minimum Gasteiger partial charge on any atom is -0.387 e. The molecule has 0 aliphatic heterocycles. The summed E-state index contributed by atoms with van der Waals surface area (Å²) in [5, 5.41) is 17.9. The molecule has 1 heterocycles. The molecule has 0 aliphatic rings. The van der Waals surface area contributed by atoms with Crippen molar-refractivity contribution in [2.24, 2.45) is 0 Å². The summed E-state index contributed by atoms with van der Waals surface area (Å²) >= 11 is 7.10. The fourth-order valence-corrected chi connectivity index (χ4v) is 2.50. The summed E-state index contributed by atoms with van der Waals surface area (Å²) in [6.07, 6.45) is -0.911. The van der Waals surface area contributed by atoms with E-state index in [1.54, 1.807) is 16.8 Å². The van der Waals surface area contributed by atoms with Crippen molar-refractivity contribution in [3.05, 3.63) is 51.4 Å². The van der Waals surface area contributed by atoms with E-state index in [1.165, 1.54) is 23.5 Å². The first kappa shape index (κ1) is 16.4. The minimum atomic E-state index is -1.04. The first-order valence-electron chi connectivity index (χ1n) is 6.22. The van der Waals surface area contributed by atoms with Crippen molar-refractivity contribution >= 4 is 40.4 Å². The molecule has 0 spiro atoms. The number of anilines is 1. The summed E-state index contributed by atoms with van der Waals surface area (Å²) in [6, 6.07) is 5.31. The number of carbonyl (C=O) groups excluding carboxylic acids is 2. The van der Waals surface area contributed by atoms with E-state index in [0.29, 0.717) is 5.56 Å². The molecule has 0 saturated carbocycles. The molecule has 1 atom stereocenters. The molecule has 1 unspecified atom stereocenters. The van der Waals surface area contributed by atoms with Gasteiger partial charge in [-0.1, -0.05) is 11.6 Å². The van der Waals surface area contributed by atoms with Crippen LogP contribution in [0.2, 0.25) is 5.02 Å². The highest BCUT2D eigenvalue weighted by Gasteiger charge is 2.17. The van der Waals surface area contributed by atoms with E-state index in [2.05, 4.69) is 10.6 Å². The number of rotatable bonds is 4. The molecule has 0 bridgehead atoms. The number of thiophene rings is 1. The molecule has 2 amide bonds.